The molecule has 0 radical (unpaired) electrons. The normalized spacial score (nSPS) is 14.2. The molecule has 0 spiro atoms. The van der Waals surface area contributed by atoms with E-state index in [1.165, 1.54) is 29.3 Å². The summed E-state index contributed by atoms with van der Waals surface area (Å²) in [6, 6.07) is 12.6. The van der Waals surface area contributed by atoms with Crippen molar-refractivity contribution in [1.82, 2.24) is 13.9 Å². The van der Waals surface area contributed by atoms with Gasteiger partial charge in [-0.2, -0.15) is 8.78 Å². The number of fused-ring (bicyclic) bond motifs is 1. The molecule has 2 aromatic carbocycles. The molecule has 0 saturated heterocycles. The smallest absolute Gasteiger partial charge is 0.410 e. The minimum absolute atomic E-state index is 0.0119. The Bertz CT molecular complexity index is 1830. The molecule has 12 heteroatoms. The minimum Gasteiger partial charge on any atom is -0.444 e. The molecule has 4 aromatic rings. The minimum atomic E-state index is -4.23. The summed E-state index contributed by atoms with van der Waals surface area (Å²) in [6.45, 7) is 4.42. The van der Waals surface area contributed by atoms with Gasteiger partial charge in [-0.15, -0.1) is 0 Å². The zero-order valence-electron chi connectivity index (χ0n) is 24.0. The number of halogens is 3. The summed E-state index contributed by atoms with van der Waals surface area (Å²) >= 11 is 0. The maximum absolute atomic E-state index is 14.4. The van der Waals surface area contributed by atoms with E-state index in [0.29, 0.717) is 12.0 Å². The number of aromatic nitrogens is 2. The Morgan fingerprint density at radius 1 is 1.02 bits per heavy atom. The monoisotopic (exact) mass is 613 g/mol. The Balaban J connectivity index is 1.70. The Morgan fingerprint density at radius 2 is 1.74 bits per heavy atom. The van der Waals surface area contributed by atoms with Gasteiger partial charge in [-0.05, 0) is 87.7 Å². The molecule has 8 nitrogen and oxygen atoms in total. The maximum Gasteiger partial charge on any atom is 0.410 e. The number of rotatable bonds is 6. The summed E-state index contributed by atoms with van der Waals surface area (Å²) < 4.78 is 80.4. The van der Waals surface area contributed by atoms with Crippen molar-refractivity contribution >= 4 is 32.7 Å². The predicted octanol–water partition coefficient (Wildman–Crippen LogP) is 7.01. The highest BCUT2D eigenvalue weighted by atomic mass is 32.2. The molecule has 3 heterocycles. The maximum atomic E-state index is 14.4. The highest BCUT2D eigenvalue weighted by Crippen LogP contribution is 2.40. The second-order valence-corrected chi connectivity index (χ2v) is 12.9. The van der Waals surface area contributed by atoms with Gasteiger partial charge >= 0.3 is 12.7 Å². The molecular formula is C31H30F3N3O5S. The summed E-state index contributed by atoms with van der Waals surface area (Å²) in [5.74, 6) is -0.963. The first-order valence-electron chi connectivity index (χ1n) is 13.5. The van der Waals surface area contributed by atoms with Crippen molar-refractivity contribution in [2.75, 3.05) is 13.1 Å². The van der Waals surface area contributed by atoms with Gasteiger partial charge in [0.1, 0.15) is 17.2 Å². The number of amides is 1. The first-order chi connectivity index (χ1) is 20.2. The zero-order chi connectivity index (χ0) is 31.1. The van der Waals surface area contributed by atoms with Crippen LogP contribution in [0.1, 0.15) is 38.4 Å². The van der Waals surface area contributed by atoms with Gasteiger partial charge in [-0.1, -0.05) is 23.8 Å². The second-order valence-electron chi connectivity index (χ2n) is 11.1. The topological polar surface area (TPSA) is 90.7 Å². The van der Waals surface area contributed by atoms with Crippen LogP contribution in [0.4, 0.5) is 18.0 Å². The molecule has 226 valence electrons. The average molecular weight is 614 g/mol. The number of ether oxygens (including phenoxy) is 2. The number of pyridine rings is 1. The quantitative estimate of drug-likeness (QED) is 0.232. The Kier molecular flexibility index (Phi) is 7.99. The van der Waals surface area contributed by atoms with E-state index in [4.69, 9.17) is 4.74 Å². The average Bonchev–Trinajstić information content (AvgIpc) is 3.34. The Hall–Kier alpha value is -4.32. The third-order valence-corrected chi connectivity index (χ3v) is 8.58. The van der Waals surface area contributed by atoms with Gasteiger partial charge in [0.2, 0.25) is 0 Å². The van der Waals surface area contributed by atoms with Gasteiger partial charge in [0, 0.05) is 30.2 Å². The van der Waals surface area contributed by atoms with E-state index < -0.39 is 34.1 Å². The fourth-order valence-electron chi connectivity index (χ4n) is 4.90. The molecule has 0 saturated carbocycles. The largest absolute Gasteiger partial charge is 0.444 e. The lowest BCUT2D eigenvalue weighted by atomic mass is 10.0. The Labute approximate surface area is 247 Å². The number of alkyl halides is 2. The van der Waals surface area contributed by atoms with Crippen LogP contribution < -0.4 is 4.74 Å². The standard InChI is InChI=1S/C31H30F3N3O5S/c1-19-5-8-22(9-6-19)43(39,40)37-26(20-12-15-36(16-13-20)30(38)42-31(2,3)4)18-25-23(11-14-35-28(25)37)24-17-21(32)7-10-27(24)41-29(33)34/h5-12,14,17-18,29H,13,15-16H2,1-4H3. The van der Waals surface area contributed by atoms with Crippen LogP contribution in [0.2, 0.25) is 0 Å². The van der Waals surface area contributed by atoms with Gasteiger partial charge in [-0.3, -0.25) is 0 Å². The number of carbonyl (C=O) groups excluding carboxylic acids is 1. The molecule has 0 fully saturated rings. The number of aryl methyl sites for hydroxylation is 1. The predicted molar refractivity (Wildman–Crippen MR) is 156 cm³/mol. The Morgan fingerprint density at radius 3 is 2.37 bits per heavy atom. The summed E-state index contributed by atoms with van der Waals surface area (Å²) in [4.78, 5) is 18.6. The van der Waals surface area contributed by atoms with Gasteiger partial charge in [0.25, 0.3) is 10.0 Å². The van der Waals surface area contributed by atoms with Crippen LogP contribution in [0, 0.1) is 12.7 Å². The highest BCUT2D eigenvalue weighted by molar-refractivity contribution is 7.90. The second kappa shape index (κ2) is 11.4. The molecule has 0 N–H and O–H groups in total. The van der Waals surface area contributed by atoms with E-state index in [0.717, 1.165) is 27.7 Å². The van der Waals surface area contributed by atoms with E-state index >= 15 is 0 Å². The first-order valence-corrected chi connectivity index (χ1v) is 14.9. The fraction of sp³-hybridized carbons (Fsp3) is 0.290. The SMILES string of the molecule is Cc1ccc(S(=O)(=O)n2c(C3=CCN(C(=O)OC(C)(C)C)CC3)cc3c(-c4cc(F)ccc4OC(F)F)ccnc32)cc1. The third kappa shape index (κ3) is 6.24. The summed E-state index contributed by atoms with van der Waals surface area (Å²) in [5, 5.41) is 0.286. The van der Waals surface area contributed by atoms with E-state index in [1.807, 2.05) is 6.92 Å². The van der Waals surface area contributed by atoms with E-state index in [1.54, 1.807) is 45.0 Å². The van der Waals surface area contributed by atoms with Gasteiger partial charge in [0.05, 0.1) is 10.6 Å². The first kappa shape index (κ1) is 30.1. The molecule has 0 bridgehead atoms. The van der Waals surface area contributed by atoms with Crippen molar-refractivity contribution in [3.05, 3.63) is 83.9 Å². The lowest BCUT2D eigenvalue weighted by Gasteiger charge is -2.29. The number of benzene rings is 2. The van der Waals surface area contributed by atoms with Crippen LogP contribution in [-0.2, 0) is 14.8 Å². The number of carbonyl (C=O) groups is 1. The fourth-order valence-corrected chi connectivity index (χ4v) is 6.39. The van der Waals surface area contributed by atoms with Crippen molar-refractivity contribution in [2.45, 2.75) is 51.2 Å². The molecule has 1 amide bonds. The molecule has 1 aliphatic heterocycles. The molecule has 1 aliphatic rings. The molecule has 0 unspecified atom stereocenters. The molecular weight excluding hydrogens is 583 g/mol. The van der Waals surface area contributed by atoms with Crippen molar-refractivity contribution in [3.8, 4) is 16.9 Å². The lowest BCUT2D eigenvalue weighted by Crippen LogP contribution is -2.39. The van der Waals surface area contributed by atoms with Crippen LogP contribution in [0.25, 0.3) is 27.7 Å². The number of hydrogen-bond donors (Lipinski definition) is 0. The molecule has 43 heavy (non-hydrogen) atoms. The summed E-state index contributed by atoms with van der Waals surface area (Å²) in [5.41, 5.74) is 1.39. The number of nitrogens with zero attached hydrogens (tertiary/aromatic N) is 3. The van der Waals surface area contributed by atoms with Gasteiger partial charge in [-0.25, -0.2) is 26.6 Å². The van der Waals surface area contributed by atoms with E-state index in [2.05, 4.69) is 9.72 Å². The van der Waals surface area contributed by atoms with Crippen LogP contribution in [0.5, 0.6) is 5.75 Å². The molecule has 0 atom stereocenters. The highest BCUT2D eigenvalue weighted by Gasteiger charge is 2.30. The molecule has 0 aliphatic carbocycles. The van der Waals surface area contributed by atoms with Crippen LogP contribution in [0.3, 0.4) is 0 Å². The lowest BCUT2D eigenvalue weighted by molar-refractivity contribution is -0.0495. The van der Waals surface area contributed by atoms with E-state index in [-0.39, 0.29) is 51.6 Å². The number of hydrogen-bond acceptors (Lipinski definition) is 6. The van der Waals surface area contributed by atoms with Gasteiger partial charge < -0.3 is 14.4 Å². The van der Waals surface area contributed by atoms with Crippen molar-refractivity contribution in [3.63, 3.8) is 0 Å². The molecule has 5 rings (SSSR count). The van der Waals surface area contributed by atoms with Gasteiger partial charge in [0.15, 0.2) is 5.65 Å². The zero-order valence-corrected chi connectivity index (χ0v) is 24.8. The third-order valence-electron chi connectivity index (χ3n) is 6.86. The van der Waals surface area contributed by atoms with Crippen LogP contribution in [-0.4, -0.2) is 53.7 Å². The summed E-state index contributed by atoms with van der Waals surface area (Å²) in [7, 11) is -4.23. The van der Waals surface area contributed by atoms with E-state index in [9.17, 15) is 26.4 Å². The molecule has 2 aromatic heterocycles. The van der Waals surface area contributed by atoms with Crippen molar-refractivity contribution in [1.29, 1.82) is 0 Å². The van der Waals surface area contributed by atoms with Crippen molar-refractivity contribution < 1.29 is 35.9 Å². The van der Waals surface area contributed by atoms with Crippen LogP contribution >= 0.6 is 0 Å². The summed E-state index contributed by atoms with van der Waals surface area (Å²) in [6.07, 6.45) is 2.89. The van der Waals surface area contributed by atoms with Crippen molar-refractivity contribution in [2.24, 2.45) is 0 Å². The van der Waals surface area contributed by atoms with Crippen LogP contribution in [0.15, 0.2) is 71.8 Å².